The highest BCUT2D eigenvalue weighted by molar-refractivity contribution is 7.91. The molecule has 0 bridgehead atoms. The van der Waals surface area contributed by atoms with Gasteiger partial charge in [-0.15, -0.1) is 0 Å². The Kier molecular flexibility index (Phi) is 6.48. The predicted molar refractivity (Wildman–Crippen MR) is 52.0 cm³/mol. The van der Waals surface area contributed by atoms with Crippen LogP contribution in [0.25, 0.3) is 0 Å². The second-order valence-electron chi connectivity index (χ2n) is 3.00. The average molecular weight is 224 g/mol. The van der Waals surface area contributed by atoms with Gasteiger partial charge in [-0.05, 0) is 12.8 Å². The lowest BCUT2D eigenvalue weighted by Crippen LogP contribution is -2.14. The van der Waals surface area contributed by atoms with Gasteiger partial charge in [0.1, 0.15) is 0 Å². The average Bonchev–Trinajstić information content (AvgIpc) is 2.10. The lowest BCUT2D eigenvalue weighted by atomic mass is 10.4. The van der Waals surface area contributed by atoms with Gasteiger partial charge >= 0.3 is 5.97 Å². The molecule has 0 aromatic rings. The summed E-state index contributed by atoms with van der Waals surface area (Å²) in [6, 6.07) is 0. The van der Waals surface area contributed by atoms with Crippen molar-refractivity contribution in [2.75, 3.05) is 25.2 Å². The van der Waals surface area contributed by atoms with E-state index in [1.165, 1.54) is 0 Å². The van der Waals surface area contributed by atoms with Crippen molar-refractivity contribution in [1.29, 1.82) is 0 Å². The van der Waals surface area contributed by atoms with Crippen LogP contribution in [0, 0.1) is 0 Å². The van der Waals surface area contributed by atoms with Crippen molar-refractivity contribution in [3.05, 3.63) is 0 Å². The van der Waals surface area contributed by atoms with Gasteiger partial charge in [-0.2, -0.15) is 0 Å². The summed E-state index contributed by atoms with van der Waals surface area (Å²) in [5.74, 6) is -1.30. The summed E-state index contributed by atoms with van der Waals surface area (Å²) >= 11 is 0. The molecular formula is C8H16O5S. The smallest absolute Gasteiger partial charge is 0.304 e. The quantitative estimate of drug-likeness (QED) is 0.600. The molecule has 0 aromatic carbocycles. The molecule has 0 aromatic heterocycles. The Labute approximate surface area is 84.0 Å². The van der Waals surface area contributed by atoms with Gasteiger partial charge in [0.05, 0.1) is 17.9 Å². The van der Waals surface area contributed by atoms with Gasteiger partial charge in [-0.25, -0.2) is 8.42 Å². The Bertz CT molecular complexity index is 257. The number of methoxy groups -OCH3 is 1. The number of unbranched alkanes of at least 4 members (excludes halogenated alkanes) is 1. The van der Waals surface area contributed by atoms with Crippen molar-refractivity contribution in [1.82, 2.24) is 0 Å². The number of carboxylic acid groups (broad SMARTS) is 1. The first-order valence-corrected chi connectivity index (χ1v) is 6.21. The van der Waals surface area contributed by atoms with Crippen molar-refractivity contribution in [2.45, 2.75) is 19.3 Å². The molecule has 5 nitrogen and oxygen atoms in total. The SMILES string of the molecule is COCCCCS(=O)(=O)CCC(=O)O. The third-order valence-electron chi connectivity index (χ3n) is 1.68. The molecular weight excluding hydrogens is 208 g/mol. The first-order chi connectivity index (χ1) is 6.48. The van der Waals surface area contributed by atoms with Gasteiger partial charge in [-0.3, -0.25) is 4.79 Å². The molecule has 0 aliphatic rings. The van der Waals surface area contributed by atoms with Crippen molar-refractivity contribution in [3.63, 3.8) is 0 Å². The molecule has 6 heteroatoms. The van der Waals surface area contributed by atoms with Gasteiger partial charge in [-0.1, -0.05) is 0 Å². The molecule has 0 atom stereocenters. The topological polar surface area (TPSA) is 80.7 Å². The predicted octanol–water partition coefficient (Wildman–Crippen LogP) is 0.302. The monoisotopic (exact) mass is 224 g/mol. The normalized spacial score (nSPS) is 11.5. The number of sulfone groups is 1. The van der Waals surface area contributed by atoms with E-state index in [1.54, 1.807) is 7.11 Å². The lowest BCUT2D eigenvalue weighted by molar-refractivity contribution is -0.136. The second kappa shape index (κ2) is 6.78. The van der Waals surface area contributed by atoms with E-state index < -0.39 is 15.8 Å². The van der Waals surface area contributed by atoms with Crippen LogP contribution in [0.15, 0.2) is 0 Å². The highest BCUT2D eigenvalue weighted by Gasteiger charge is 2.12. The molecule has 0 saturated carbocycles. The maximum atomic E-state index is 11.2. The van der Waals surface area contributed by atoms with Gasteiger partial charge in [0.2, 0.25) is 0 Å². The minimum Gasteiger partial charge on any atom is -0.481 e. The number of carbonyl (C=O) groups is 1. The molecule has 14 heavy (non-hydrogen) atoms. The van der Waals surface area contributed by atoms with Crippen LogP contribution in [0.4, 0.5) is 0 Å². The van der Waals surface area contributed by atoms with E-state index in [0.717, 1.165) is 0 Å². The summed E-state index contributed by atoms with van der Waals surface area (Å²) in [4.78, 5) is 10.1. The van der Waals surface area contributed by atoms with Crippen LogP contribution in [0.3, 0.4) is 0 Å². The van der Waals surface area contributed by atoms with Gasteiger partial charge in [0.15, 0.2) is 9.84 Å². The summed E-state index contributed by atoms with van der Waals surface area (Å²) in [6.07, 6.45) is 0.894. The fourth-order valence-electron chi connectivity index (χ4n) is 0.913. The molecule has 0 aliphatic carbocycles. The Morgan fingerprint density at radius 1 is 1.29 bits per heavy atom. The third kappa shape index (κ3) is 8.00. The first kappa shape index (κ1) is 13.4. The van der Waals surface area contributed by atoms with Crippen LogP contribution in [0.2, 0.25) is 0 Å². The molecule has 0 saturated heterocycles. The largest absolute Gasteiger partial charge is 0.481 e. The Balaban J connectivity index is 3.67. The van der Waals surface area contributed by atoms with E-state index >= 15 is 0 Å². The van der Waals surface area contributed by atoms with Crippen molar-refractivity contribution in [3.8, 4) is 0 Å². The highest BCUT2D eigenvalue weighted by atomic mass is 32.2. The number of hydrogen-bond donors (Lipinski definition) is 1. The summed E-state index contributed by atoms with van der Waals surface area (Å²) in [5.41, 5.74) is 0. The van der Waals surface area contributed by atoms with Crippen molar-refractivity contribution < 1.29 is 23.1 Å². The molecule has 84 valence electrons. The summed E-state index contributed by atoms with van der Waals surface area (Å²) in [5, 5.41) is 8.30. The molecule has 0 heterocycles. The fourth-order valence-corrected chi connectivity index (χ4v) is 2.25. The maximum absolute atomic E-state index is 11.2. The highest BCUT2D eigenvalue weighted by Crippen LogP contribution is 2.00. The minimum absolute atomic E-state index is 0.0453. The van der Waals surface area contributed by atoms with Gasteiger partial charge in [0, 0.05) is 13.7 Å². The number of carboxylic acids is 1. The van der Waals surface area contributed by atoms with E-state index in [1.807, 2.05) is 0 Å². The number of rotatable bonds is 8. The number of ether oxygens (including phenoxy) is 1. The Morgan fingerprint density at radius 2 is 1.93 bits per heavy atom. The van der Waals surface area contributed by atoms with E-state index in [0.29, 0.717) is 19.4 Å². The Morgan fingerprint density at radius 3 is 2.43 bits per heavy atom. The van der Waals surface area contributed by atoms with Gasteiger partial charge < -0.3 is 9.84 Å². The van der Waals surface area contributed by atoms with Gasteiger partial charge in [0.25, 0.3) is 0 Å². The van der Waals surface area contributed by atoms with Crippen LogP contribution >= 0.6 is 0 Å². The summed E-state index contributed by atoms with van der Waals surface area (Å²) in [7, 11) is -1.64. The molecule has 0 fully saturated rings. The Hall–Kier alpha value is -0.620. The lowest BCUT2D eigenvalue weighted by Gasteiger charge is -2.02. The van der Waals surface area contributed by atoms with Crippen LogP contribution < -0.4 is 0 Å². The van der Waals surface area contributed by atoms with Crippen LogP contribution in [-0.4, -0.2) is 44.7 Å². The molecule has 0 radical (unpaired) electrons. The maximum Gasteiger partial charge on any atom is 0.304 e. The zero-order valence-electron chi connectivity index (χ0n) is 8.23. The van der Waals surface area contributed by atoms with Crippen molar-refractivity contribution >= 4 is 15.8 Å². The first-order valence-electron chi connectivity index (χ1n) is 4.39. The molecule has 0 aliphatic heterocycles. The van der Waals surface area contributed by atoms with Crippen molar-refractivity contribution in [2.24, 2.45) is 0 Å². The number of aliphatic carboxylic acids is 1. The minimum atomic E-state index is -3.19. The zero-order chi connectivity index (χ0) is 11.0. The van der Waals surface area contributed by atoms with Crippen LogP contribution in [0.1, 0.15) is 19.3 Å². The standard InChI is InChI=1S/C8H16O5S/c1-13-5-2-3-6-14(11,12)7-4-8(9)10/h2-7H2,1H3,(H,9,10). The summed E-state index contributed by atoms with van der Waals surface area (Å²) < 4.78 is 27.2. The zero-order valence-corrected chi connectivity index (χ0v) is 9.05. The second-order valence-corrected chi connectivity index (χ2v) is 5.30. The molecule has 1 N–H and O–H groups in total. The van der Waals surface area contributed by atoms with Crippen LogP contribution in [-0.2, 0) is 19.4 Å². The van der Waals surface area contributed by atoms with Crippen LogP contribution in [0.5, 0.6) is 0 Å². The van der Waals surface area contributed by atoms with E-state index in [2.05, 4.69) is 0 Å². The fraction of sp³-hybridized carbons (Fsp3) is 0.875. The molecule has 0 unspecified atom stereocenters. The number of hydrogen-bond acceptors (Lipinski definition) is 4. The molecule has 0 rings (SSSR count). The van der Waals surface area contributed by atoms with E-state index in [9.17, 15) is 13.2 Å². The molecule has 0 amide bonds. The molecule has 0 spiro atoms. The summed E-state index contributed by atoms with van der Waals surface area (Å²) in [6.45, 7) is 0.536. The van der Waals surface area contributed by atoms with E-state index in [-0.39, 0.29) is 17.9 Å². The third-order valence-corrected chi connectivity index (χ3v) is 3.42. The van der Waals surface area contributed by atoms with E-state index in [4.69, 9.17) is 9.84 Å².